The van der Waals surface area contributed by atoms with E-state index in [1.807, 2.05) is 0 Å². The molecule has 1 fully saturated rings. The van der Waals surface area contributed by atoms with Crippen molar-refractivity contribution < 1.29 is 4.74 Å². The summed E-state index contributed by atoms with van der Waals surface area (Å²) in [5, 5.41) is 0. The Bertz CT molecular complexity index is 156. The summed E-state index contributed by atoms with van der Waals surface area (Å²) in [6.07, 6.45) is 5.21. The summed E-state index contributed by atoms with van der Waals surface area (Å²) in [7, 11) is 0. The second kappa shape index (κ2) is 5.50. The maximum atomic E-state index is 5.48. The van der Waals surface area contributed by atoms with Gasteiger partial charge in [0.25, 0.3) is 0 Å². The largest absolute Gasteiger partial charge is 0.381 e. The number of rotatable bonds is 3. The van der Waals surface area contributed by atoms with E-state index in [-0.39, 0.29) is 0 Å². The van der Waals surface area contributed by atoms with Gasteiger partial charge in [-0.2, -0.15) is 0 Å². The van der Waals surface area contributed by atoms with Gasteiger partial charge in [-0.3, -0.25) is 0 Å². The number of hydrogen-bond donors (Lipinski definition) is 0. The molecule has 0 spiro atoms. The van der Waals surface area contributed by atoms with Crippen LogP contribution in [0.5, 0.6) is 0 Å². The van der Waals surface area contributed by atoms with Crippen LogP contribution in [0, 0.1) is 11.3 Å². The first-order valence-electron chi connectivity index (χ1n) is 5.72. The molecule has 0 bridgehead atoms. The molecule has 0 aromatic rings. The zero-order valence-corrected chi connectivity index (χ0v) is 11.3. The zero-order valence-electron chi connectivity index (χ0n) is 9.68. The predicted molar refractivity (Wildman–Crippen MR) is 64.9 cm³/mol. The molecular weight excluding hydrogens is 240 g/mol. The topological polar surface area (TPSA) is 9.23 Å². The summed E-state index contributed by atoms with van der Waals surface area (Å²) in [5.41, 5.74) is 0.384. The molecule has 2 atom stereocenters. The summed E-state index contributed by atoms with van der Waals surface area (Å²) >= 11 is 3.78. The molecule has 1 saturated heterocycles. The van der Waals surface area contributed by atoms with Gasteiger partial charge >= 0.3 is 0 Å². The average molecular weight is 263 g/mol. The van der Waals surface area contributed by atoms with Crippen LogP contribution in [0.2, 0.25) is 0 Å². The molecule has 1 aliphatic heterocycles. The van der Waals surface area contributed by atoms with Gasteiger partial charge in [-0.1, -0.05) is 36.7 Å². The van der Waals surface area contributed by atoms with E-state index in [9.17, 15) is 0 Å². The molecule has 0 aromatic carbocycles. The van der Waals surface area contributed by atoms with Crippen LogP contribution < -0.4 is 0 Å². The molecule has 2 unspecified atom stereocenters. The minimum Gasteiger partial charge on any atom is -0.381 e. The van der Waals surface area contributed by atoms with E-state index in [2.05, 4.69) is 36.7 Å². The fourth-order valence-corrected chi connectivity index (χ4v) is 2.11. The Morgan fingerprint density at radius 1 is 1.43 bits per heavy atom. The van der Waals surface area contributed by atoms with Gasteiger partial charge < -0.3 is 4.74 Å². The SMILES string of the molecule is CC(C)(C)C(Br)CCC1CCCOC1. The third-order valence-corrected chi connectivity index (χ3v) is 4.85. The molecule has 84 valence electrons. The summed E-state index contributed by atoms with van der Waals surface area (Å²) in [6, 6.07) is 0. The van der Waals surface area contributed by atoms with E-state index >= 15 is 0 Å². The molecule has 1 nitrogen and oxygen atoms in total. The Kier molecular flexibility index (Phi) is 4.92. The Labute approximate surface area is 96.7 Å². The highest BCUT2D eigenvalue weighted by atomic mass is 79.9. The fraction of sp³-hybridized carbons (Fsp3) is 1.00. The van der Waals surface area contributed by atoms with Crippen LogP contribution in [0.4, 0.5) is 0 Å². The van der Waals surface area contributed by atoms with E-state index in [0.29, 0.717) is 10.2 Å². The monoisotopic (exact) mass is 262 g/mol. The van der Waals surface area contributed by atoms with E-state index < -0.39 is 0 Å². The normalized spacial score (nSPS) is 26.1. The lowest BCUT2D eigenvalue weighted by Crippen LogP contribution is -2.23. The van der Waals surface area contributed by atoms with Crippen molar-refractivity contribution in [1.82, 2.24) is 0 Å². The first-order chi connectivity index (χ1) is 6.50. The molecular formula is C12H23BrO. The van der Waals surface area contributed by atoms with Crippen molar-refractivity contribution in [3.63, 3.8) is 0 Å². The second-order valence-electron chi connectivity index (χ2n) is 5.49. The highest BCUT2D eigenvalue weighted by Gasteiger charge is 2.23. The summed E-state index contributed by atoms with van der Waals surface area (Å²) < 4.78 is 5.48. The lowest BCUT2D eigenvalue weighted by atomic mass is 9.86. The first kappa shape index (κ1) is 12.5. The quantitative estimate of drug-likeness (QED) is 0.699. The van der Waals surface area contributed by atoms with E-state index in [0.717, 1.165) is 19.1 Å². The number of alkyl halides is 1. The number of ether oxygens (including phenoxy) is 1. The Morgan fingerprint density at radius 2 is 2.14 bits per heavy atom. The fourth-order valence-electron chi connectivity index (χ4n) is 1.85. The lowest BCUT2D eigenvalue weighted by molar-refractivity contribution is 0.0501. The molecule has 2 heteroatoms. The van der Waals surface area contributed by atoms with Gasteiger partial charge in [0.2, 0.25) is 0 Å². The molecule has 0 aliphatic carbocycles. The van der Waals surface area contributed by atoms with E-state index in [1.165, 1.54) is 25.7 Å². The van der Waals surface area contributed by atoms with Crippen LogP contribution in [0.25, 0.3) is 0 Å². The Hall–Kier alpha value is 0.440. The minimum absolute atomic E-state index is 0.384. The molecule has 1 rings (SSSR count). The summed E-state index contributed by atoms with van der Waals surface area (Å²) in [5.74, 6) is 0.811. The maximum absolute atomic E-state index is 5.48. The third-order valence-electron chi connectivity index (χ3n) is 3.02. The van der Waals surface area contributed by atoms with Gasteiger partial charge in [0.15, 0.2) is 0 Å². The number of halogens is 1. The van der Waals surface area contributed by atoms with Gasteiger partial charge in [-0.25, -0.2) is 0 Å². The molecule has 0 amide bonds. The van der Waals surface area contributed by atoms with Crippen molar-refractivity contribution in [2.75, 3.05) is 13.2 Å². The highest BCUT2D eigenvalue weighted by Crippen LogP contribution is 2.31. The molecule has 1 aliphatic rings. The second-order valence-corrected chi connectivity index (χ2v) is 6.60. The van der Waals surface area contributed by atoms with Crippen molar-refractivity contribution in [2.24, 2.45) is 11.3 Å². The van der Waals surface area contributed by atoms with E-state index in [1.54, 1.807) is 0 Å². The zero-order chi connectivity index (χ0) is 10.6. The van der Waals surface area contributed by atoms with Crippen molar-refractivity contribution in [3.05, 3.63) is 0 Å². The van der Waals surface area contributed by atoms with Crippen molar-refractivity contribution in [3.8, 4) is 0 Å². The summed E-state index contributed by atoms with van der Waals surface area (Å²) in [4.78, 5) is 0.636. The Morgan fingerprint density at radius 3 is 2.64 bits per heavy atom. The molecule has 0 saturated carbocycles. The van der Waals surface area contributed by atoms with Crippen LogP contribution in [0.3, 0.4) is 0 Å². The van der Waals surface area contributed by atoms with Gasteiger partial charge in [-0.05, 0) is 37.0 Å². The number of hydrogen-bond acceptors (Lipinski definition) is 1. The van der Waals surface area contributed by atoms with Crippen LogP contribution in [-0.4, -0.2) is 18.0 Å². The summed E-state index contributed by atoms with van der Waals surface area (Å²) in [6.45, 7) is 8.86. The van der Waals surface area contributed by atoms with Crippen LogP contribution in [0.1, 0.15) is 46.5 Å². The van der Waals surface area contributed by atoms with Crippen molar-refractivity contribution in [1.29, 1.82) is 0 Å². The molecule has 14 heavy (non-hydrogen) atoms. The van der Waals surface area contributed by atoms with Gasteiger partial charge in [0, 0.05) is 18.0 Å². The van der Waals surface area contributed by atoms with Gasteiger partial charge in [-0.15, -0.1) is 0 Å². The predicted octanol–water partition coefficient (Wildman–Crippen LogP) is 4.00. The molecule has 1 heterocycles. The standard InChI is InChI=1S/C12H23BrO/c1-12(2,3)11(13)7-6-10-5-4-8-14-9-10/h10-11H,4-9H2,1-3H3. The van der Waals surface area contributed by atoms with E-state index in [4.69, 9.17) is 4.74 Å². The molecule has 0 aromatic heterocycles. The van der Waals surface area contributed by atoms with Crippen LogP contribution >= 0.6 is 15.9 Å². The van der Waals surface area contributed by atoms with Crippen molar-refractivity contribution in [2.45, 2.75) is 51.3 Å². The minimum atomic E-state index is 0.384. The lowest BCUT2D eigenvalue weighted by Gasteiger charge is -2.28. The average Bonchev–Trinajstić information content (AvgIpc) is 2.14. The maximum Gasteiger partial charge on any atom is 0.0494 e. The van der Waals surface area contributed by atoms with Crippen LogP contribution in [0.15, 0.2) is 0 Å². The molecule has 0 radical (unpaired) electrons. The first-order valence-corrected chi connectivity index (χ1v) is 6.63. The van der Waals surface area contributed by atoms with Gasteiger partial charge in [0.1, 0.15) is 0 Å². The highest BCUT2D eigenvalue weighted by molar-refractivity contribution is 9.09. The van der Waals surface area contributed by atoms with Crippen LogP contribution in [-0.2, 0) is 4.74 Å². The van der Waals surface area contributed by atoms with Gasteiger partial charge in [0.05, 0.1) is 0 Å². The van der Waals surface area contributed by atoms with Crippen molar-refractivity contribution >= 4 is 15.9 Å². The third kappa shape index (κ3) is 4.31. The molecule has 0 N–H and O–H groups in total. The Balaban J connectivity index is 2.19. The smallest absolute Gasteiger partial charge is 0.0494 e.